The van der Waals surface area contributed by atoms with E-state index in [0.29, 0.717) is 5.75 Å². The minimum absolute atomic E-state index is 0.0804. The van der Waals surface area contributed by atoms with Gasteiger partial charge in [0.25, 0.3) is 0 Å². The highest BCUT2D eigenvalue weighted by Crippen LogP contribution is 2.30. The maximum absolute atomic E-state index is 13.6. The summed E-state index contributed by atoms with van der Waals surface area (Å²) in [7, 11) is 1.54. The molecule has 0 unspecified atom stereocenters. The zero-order valence-electron chi connectivity index (χ0n) is 21.2. The van der Waals surface area contributed by atoms with E-state index in [0.717, 1.165) is 21.7 Å². The Hall–Kier alpha value is -3.24. The molecule has 9 nitrogen and oxygen atoms in total. The van der Waals surface area contributed by atoms with E-state index < -0.39 is 18.2 Å². The lowest BCUT2D eigenvalue weighted by Crippen LogP contribution is -2.49. The van der Waals surface area contributed by atoms with Crippen molar-refractivity contribution in [1.29, 1.82) is 0 Å². The Morgan fingerprint density at radius 1 is 1.22 bits per heavy atom. The molecule has 1 aliphatic heterocycles. The summed E-state index contributed by atoms with van der Waals surface area (Å²) in [5, 5.41) is 17.7. The normalized spacial score (nSPS) is 19.4. The minimum Gasteiger partial charge on any atom is -0.493 e. The number of thiazole rings is 1. The second-order valence-electron chi connectivity index (χ2n) is 9.56. The number of nitrogens with one attached hydrogen (secondary N) is 1. The largest absolute Gasteiger partial charge is 0.493 e. The summed E-state index contributed by atoms with van der Waals surface area (Å²) in [6.45, 7) is 7.86. The van der Waals surface area contributed by atoms with Crippen LogP contribution in [0.5, 0.6) is 5.75 Å². The number of amides is 2. The number of carbonyl (C=O) groups excluding carboxylic acids is 2. The number of hydrogen-bond acceptors (Lipinski definition) is 7. The fourth-order valence-corrected chi connectivity index (χ4v) is 5.46. The van der Waals surface area contributed by atoms with Gasteiger partial charge in [0, 0.05) is 13.0 Å². The number of nitrogens with zero attached hydrogens (tertiary/aromatic N) is 4. The van der Waals surface area contributed by atoms with E-state index in [2.05, 4.69) is 15.4 Å². The molecule has 0 bridgehead atoms. The first kappa shape index (κ1) is 25.8. The Labute approximate surface area is 215 Å². The van der Waals surface area contributed by atoms with Crippen molar-refractivity contribution in [2.24, 2.45) is 5.92 Å². The maximum Gasteiger partial charge on any atom is 0.248 e. The Morgan fingerprint density at radius 2 is 1.94 bits per heavy atom. The van der Waals surface area contributed by atoms with Crippen LogP contribution in [0.2, 0.25) is 0 Å². The molecule has 4 rings (SSSR count). The van der Waals surface area contributed by atoms with Gasteiger partial charge in [-0.05, 0) is 30.9 Å². The molecule has 0 saturated carbocycles. The Morgan fingerprint density at radius 3 is 2.53 bits per heavy atom. The molecule has 0 aliphatic carbocycles. The summed E-state index contributed by atoms with van der Waals surface area (Å²) >= 11 is 1.60. The standard InChI is InChI=1S/C26H33N5O4S/c1-15(2)23(31-13-21(35-5)11-28-31)26(34)30-12-20(32)10-22(30)25(33)29-16(3)18-6-8-19(9-7-18)24-17(4)27-14-36-24/h6-9,11,13-16,20,22-23,32H,10,12H2,1-5H3,(H,29,33)/t16-,20+,22-,23-/m0/s1. The summed E-state index contributed by atoms with van der Waals surface area (Å²) < 4.78 is 6.78. The number of benzene rings is 1. The molecule has 0 radical (unpaired) electrons. The highest BCUT2D eigenvalue weighted by Gasteiger charge is 2.42. The molecule has 4 atom stereocenters. The Kier molecular flexibility index (Phi) is 7.75. The van der Waals surface area contributed by atoms with Crippen LogP contribution in [0.25, 0.3) is 10.4 Å². The van der Waals surface area contributed by atoms with E-state index in [-0.39, 0.29) is 36.7 Å². The molecule has 1 fully saturated rings. The van der Waals surface area contributed by atoms with Crippen LogP contribution in [0, 0.1) is 12.8 Å². The molecule has 1 aromatic carbocycles. The van der Waals surface area contributed by atoms with Gasteiger partial charge in [0.1, 0.15) is 12.1 Å². The van der Waals surface area contributed by atoms with Crippen molar-refractivity contribution >= 4 is 23.2 Å². The minimum atomic E-state index is -0.762. The summed E-state index contributed by atoms with van der Waals surface area (Å²) in [5.74, 6) is -0.0579. The van der Waals surface area contributed by atoms with Crippen LogP contribution in [0.1, 0.15) is 50.5 Å². The number of ether oxygens (including phenoxy) is 1. The second kappa shape index (κ2) is 10.8. The van der Waals surface area contributed by atoms with Crippen molar-refractivity contribution in [3.05, 3.63) is 53.4 Å². The van der Waals surface area contributed by atoms with Crippen molar-refractivity contribution in [2.45, 2.75) is 58.3 Å². The van der Waals surface area contributed by atoms with E-state index in [9.17, 15) is 14.7 Å². The smallest absolute Gasteiger partial charge is 0.248 e. The van der Waals surface area contributed by atoms with Gasteiger partial charge in [-0.1, -0.05) is 38.1 Å². The summed E-state index contributed by atoms with van der Waals surface area (Å²) in [5.41, 5.74) is 4.86. The molecule has 2 amide bonds. The number of rotatable bonds is 8. The number of hydrogen-bond donors (Lipinski definition) is 2. The van der Waals surface area contributed by atoms with Crippen LogP contribution in [0.15, 0.2) is 42.2 Å². The van der Waals surface area contributed by atoms with Gasteiger partial charge in [-0.15, -0.1) is 11.3 Å². The van der Waals surface area contributed by atoms with Gasteiger partial charge >= 0.3 is 0 Å². The van der Waals surface area contributed by atoms with Gasteiger partial charge in [-0.2, -0.15) is 5.10 Å². The van der Waals surface area contributed by atoms with E-state index in [4.69, 9.17) is 4.74 Å². The molecule has 10 heteroatoms. The van der Waals surface area contributed by atoms with Crippen molar-refractivity contribution in [2.75, 3.05) is 13.7 Å². The number of aryl methyl sites for hydroxylation is 1. The topological polar surface area (TPSA) is 110 Å². The van der Waals surface area contributed by atoms with Crippen LogP contribution in [0.3, 0.4) is 0 Å². The summed E-state index contributed by atoms with van der Waals surface area (Å²) in [6, 6.07) is 6.40. The van der Waals surface area contributed by atoms with Gasteiger partial charge in [0.05, 0.1) is 47.7 Å². The average Bonchev–Trinajstić information content (AvgIpc) is 3.58. The van der Waals surface area contributed by atoms with Crippen LogP contribution in [-0.2, 0) is 9.59 Å². The fourth-order valence-electron chi connectivity index (χ4n) is 4.65. The van der Waals surface area contributed by atoms with Crippen molar-refractivity contribution < 1.29 is 19.4 Å². The lowest BCUT2D eigenvalue weighted by Gasteiger charge is -2.30. The van der Waals surface area contributed by atoms with E-state index in [1.165, 1.54) is 4.90 Å². The molecule has 0 spiro atoms. The number of likely N-dealkylation sites (tertiary alicyclic amines) is 1. The third-order valence-electron chi connectivity index (χ3n) is 6.62. The van der Waals surface area contributed by atoms with E-state index in [1.807, 2.05) is 57.5 Å². The predicted molar refractivity (Wildman–Crippen MR) is 138 cm³/mol. The van der Waals surface area contributed by atoms with Gasteiger partial charge < -0.3 is 20.1 Å². The number of aromatic nitrogens is 3. The monoisotopic (exact) mass is 511 g/mol. The highest BCUT2D eigenvalue weighted by atomic mass is 32.1. The third kappa shape index (κ3) is 5.29. The first-order valence-corrected chi connectivity index (χ1v) is 12.9. The van der Waals surface area contributed by atoms with Crippen LogP contribution in [-0.4, -0.2) is 62.4 Å². The molecule has 1 aliphatic rings. The maximum atomic E-state index is 13.6. The Balaban J connectivity index is 1.47. The first-order chi connectivity index (χ1) is 17.2. The van der Waals surface area contributed by atoms with Gasteiger partial charge in [-0.25, -0.2) is 4.98 Å². The number of β-amino-alcohol motifs (C(OH)–C–C–N with tert-alkyl or cyclic N) is 1. The van der Waals surface area contributed by atoms with Crippen molar-refractivity contribution in [1.82, 2.24) is 25.0 Å². The SMILES string of the molecule is COc1cnn([C@H](C(=O)N2C[C@H](O)C[C@H]2C(=O)N[C@@H](C)c2ccc(-c3scnc3C)cc2)C(C)C)c1. The summed E-state index contributed by atoms with van der Waals surface area (Å²) in [6.07, 6.45) is 2.65. The molecule has 3 heterocycles. The number of carbonyl (C=O) groups is 2. The van der Waals surface area contributed by atoms with Crippen molar-refractivity contribution in [3.8, 4) is 16.2 Å². The molecular formula is C26H33N5O4S. The van der Waals surface area contributed by atoms with Gasteiger partial charge in [0.15, 0.2) is 5.75 Å². The molecule has 3 aromatic rings. The number of aliphatic hydroxyl groups excluding tert-OH is 1. The molecule has 2 aromatic heterocycles. The molecule has 36 heavy (non-hydrogen) atoms. The molecular weight excluding hydrogens is 478 g/mol. The zero-order chi connectivity index (χ0) is 26.0. The van der Waals surface area contributed by atoms with Crippen LogP contribution < -0.4 is 10.1 Å². The average molecular weight is 512 g/mol. The van der Waals surface area contributed by atoms with Crippen molar-refractivity contribution in [3.63, 3.8) is 0 Å². The van der Waals surface area contributed by atoms with Crippen LogP contribution in [0.4, 0.5) is 0 Å². The predicted octanol–water partition coefficient (Wildman–Crippen LogP) is 3.36. The highest BCUT2D eigenvalue weighted by molar-refractivity contribution is 7.13. The first-order valence-electron chi connectivity index (χ1n) is 12.1. The fraction of sp³-hybridized carbons (Fsp3) is 0.462. The molecule has 192 valence electrons. The van der Waals surface area contributed by atoms with E-state index in [1.54, 1.807) is 35.5 Å². The van der Waals surface area contributed by atoms with Gasteiger partial charge in [-0.3, -0.25) is 14.3 Å². The number of methoxy groups -OCH3 is 1. The quantitative estimate of drug-likeness (QED) is 0.480. The third-order valence-corrected chi connectivity index (χ3v) is 7.60. The van der Waals surface area contributed by atoms with E-state index >= 15 is 0 Å². The van der Waals surface area contributed by atoms with Gasteiger partial charge in [0.2, 0.25) is 11.8 Å². The number of aliphatic hydroxyl groups is 1. The Bertz CT molecular complexity index is 1210. The molecule has 1 saturated heterocycles. The summed E-state index contributed by atoms with van der Waals surface area (Å²) in [4.78, 5) is 33.8. The second-order valence-corrected chi connectivity index (χ2v) is 10.4. The lowest BCUT2D eigenvalue weighted by molar-refractivity contribution is -0.142. The zero-order valence-corrected chi connectivity index (χ0v) is 22.0. The molecule has 2 N–H and O–H groups in total. The lowest BCUT2D eigenvalue weighted by atomic mass is 10.0. The van der Waals surface area contributed by atoms with Crippen LogP contribution >= 0.6 is 11.3 Å².